The second-order valence-electron chi connectivity index (χ2n) is 6.73. The Hall–Kier alpha value is -3.19. The number of nitrogens with zero attached hydrogens (tertiary/aromatic N) is 1. The zero-order chi connectivity index (χ0) is 21.2. The van der Waals surface area contributed by atoms with Crippen molar-refractivity contribution in [3.8, 4) is 0 Å². The van der Waals surface area contributed by atoms with Crippen LogP contribution >= 0.6 is 0 Å². The first kappa shape index (κ1) is 20.5. The van der Waals surface area contributed by atoms with Crippen molar-refractivity contribution < 1.29 is 17.6 Å². The van der Waals surface area contributed by atoms with Crippen molar-refractivity contribution >= 4 is 27.3 Å². The van der Waals surface area contributed by atoms with Gasteiger partial charge in [-0.1, -0.05) is 12.1 Å². The second kappa shape index (κ2) is 8.05. The van der Waals surface area contributed by atoms with E-state index in [9.17, 15) is 17.6 Å². The number of carbonyl (C=O) groups is 1. The van der Waals surface area contributed by atoms with Gasteiger partial charge in [0.05, 0.1) is 10.6 Å². The lowest BCUT2D eigenvalue weighted by atomic mass is 10.1. The van der Waals surface area contributed by atoms with E-state index in [1.807, 2.05) is 26.0 Å². The summed E-state index contributed by atoms with van der Waals surface area (Å²) >= 11 is 0. The van der Waals surface area contributed by atoms with E-state index in [1.165, 1.54) is 49.5 Å². The lowest BCUT2D eigenvalue weighted by molar-refractivity contribution is 0.102. The molecule has 0 unspecified atom stereocenters. The molecule has 5 nitrogen and oxygen atoms in total. The Balaban J connectivity index is 1.86. The molecule has 0 aromatic heterocycles. The Labute approximate surface area is 169 Å². The van der Waals surface area contributed by atoms with Gasteiger partial charge >= 0.3 is 0 Å². The van der Waals surface area contributed by atoms with Crippen molar-refractivity contribution in [2.75, 3.05) is 16.7 Å². The lowest BCUT2D eigenvalue weighted by Crippen LogP contribution is -2.26. The number of sulfonamides is 1. The van der Waals surface area contributed by atoms with Gasteiger partial charge in [0.1, 0.15) is 5.82 Å². The Morgan fingerprint density at radius 1 is 0.931 bits per heavy atom. The third-order valence-corrected chi connectivity index (χ3v) is 6.49. The van der Waals surface area contributed by atoms with Gasteiger partial charge in [-0.3, -0.25) is 9.10 Å². The topological polar surface area (TPSA) is 66.5 Å². The molecule has 0 aliphatic rings. The van der Waals surface area contributed by atoms with Crippen LogP contribution in [0.2, 0.25) is 0 Å². The fourth-order valence-corrected chi connectivity index (χ4v) is 4.01. The first-order valence-corrected chi connectivity index (χ1v) is 10.4. The maximum atomic E-state index is 13.1. The molecule has 1 amide bonds. The molecule has 0 aliphatic heterocycles. The first-order valence-electron chi connectivity index (χ1n) is 8.91. The van der Waals surface area contributed by atoms with Gasteiger partial charge in [-0.2, -0.15) is 0 Å². The van der Waals surface area contributed by atoms with Gasteiger partial charge in [-0.25, -0.2) is 12.8 Å². The van der Waals surface area contributed by atoms with Crippen molar-refractivity contribution in [2.24, 2.45) is 0 Å². The van der Waals surface area contributed by atoms with E-state index in [0.717, 1.165) is 15.4 Å². The fourth-order valence-electron chi connectivity index (χ4n) is 2.77. The van der Waals surface area contributed by atoms with Crippen LogP contribution in [0.25, 0.3) is 0 Å². The molecule has 0 fully saturated rings. The summed E-state index contributed by atoms with van der Waals surface area (Å²) in [6.07, 6.45) is 0. The van der Waals surface area contributed by atoms with Gasteiger partial charge in [0.15, 0.2) is 0 Å². The van der Waals surface area contributed by atoms with Crippen LogP contribution < -0.4 is 9.62 Å². The molecule has 3 aromatic rings. The van der Waals surface area contributed by atoms with E-state index in [0.29, 0.717) is 11.4 Å². The number of halogens is 1. The Morgan fingerprint density at radius 2 is 1.62 bits per heavy atom. The van der Waals surface area contributed by atoms with Gasteiger partial charge < -0.3 is 5.32 Å². The molecule has 0 aliphatic carbocycles. The van der Waals surface area contributed by atoms with Crippen LogP contribution in [0.3, 0.4) is 0 Å². The van der Waals surface area contributed by atoms with Crippen LogP contribution in [0, 0.1) is 19.7 Å². The van der Waals surface area contributed by atoms with Gasteiger partial charge in [0.2, 0.25) is 0 Å². The molecule has 29 heavy (non-hydrogen) atoms. The van der Waals surface area contributed by atoms with Crippen LogP contribution in [0.1, 0.15) is 21.5 Å². The van der Waals surface area contributed by atoms with E-state index in [4.69, 9.17) is 0 Å². The zero-order valence-electron chi connectivity index (χ0n) is 16.3. The summed E-state index contributed by atoms with van der Waals surface area (Å²) in [6, 6.07) is 16.5. The number of carbonyl (C=O) groups excluding carboxylic acids is 1. The minimum atomic E-state index is -3.92. The molecule has 0 atom stereocenters. The van der Waals surface area contributed by atoms with E-state index < -0.39 is 21.7 Å². The van der Waals surface area contributed by atoms with Crippen molar-refractivity contribution in [1.29, 1.82) is 0 Å². The number of rotatable bonds is 5. The normalized spacial score (nSPS) is 11.2. The molecule has 3 aromatic carbocycles. The summed E-state index contributed by atoms with van der Waals surface area (Å²) < 4.78 is 40.0. The lowest BCUT2D eigenvalue weighted by Gasteiger charge is -2.20. The van der Waals surface area contributed by atoms with E-state index in [-0.39, 0.29) is 10.5 Å². The predicted octanol–water partition coefficient (Wildman–Crippen LogP) is 4.52. The van der Waals surface area contributed by atoms with Crippen LogP contribution in [0.5, 0.6) is 0 Å². The summed E-state index contributed by atoms with van der Waals surface area (Å²) in [7, 11) is -2.54. The predicted molar refractivity (Wildman–Crippen MR) is 112 cm³/mol. The molecule has 0 bridgehead atoms. The van der Waals surface area contributed by atoms with Crippen LogP contribution in [-0.4, -0.2) is 21.4 Å². The Bertz CT molecular complexity index is 1160. The van der Waals surface area contributed by atoms with E-state index in [1.54, 1.807) is 12.1 Å². The zero-order valence-corrected chi connectivity index (χ0v) is 17.1. The van der Waals surface area contributed by atoms with Gasteiger partial charge in [-0.15, -0.1) is 0 Å². The summed E-state index contributed by atoms with van der Waals surface area (Å²) in [5, 5.41) is 2.78. The first-order chi connectivity index (χ1) is 13.7. The molecule has 0 spiro atoms. The van der Waals surface area contributed by atoms with Crippen molar-refractivity contribution in [2.45, 2.75) is 18.7 Å². The number of aryl methyl sites for hydroxylation is 2. The Morgan fingerprint density at radius 3 is 2.28 bits per heavy atom. The number of amides is 1. The number of nitrogens with one attached hydrogen (secondary N) is 1. The van der Waals surface area contributed by atoms with E-state index >= 15 is 0 Å². The third kappa shape index (κ3) is 4.46. The molecule has 0 saturated heterocycles. The third-order valence-electron chi connectivity index (χ3n) is 4.71. The average molecular weight is 412 g/mol. The van der Waals surface area contributed by atoms with Crippen molar-refractivity contribution in [3.63, 3.8) is 0 Å². The molecular weight excluding hydrogens is 391 g/mol. The summed E-state index contributed by atoms with van der Waals surface area (Å²) in [6.45, 7) is 3.93. The summed E-state index contributed by atoms with van der Waals surface area (Å²) in [5.74, 6) is -0.862. The van der Waals surface area contributed by atoms with Crippen LogP contribution in [0.4, 0.5) is 15.8 Å². The maximum absolute atomic E-state index is 13.1. The highest BCUT2D eigenvalue weighted by Crippen LogP contribution is 2.23. The van der Waals surface area contributed by atoms with Gasteiger partial charge in [-0.05, 0) is 79.6 Å². The standard InChI is InChI=1S/C22H21FN2O3S/c1-15-7-10-19(13-16(15)2)24-22(26)17-5-4-6-21(14-17)29(27,28)25(3)20-11-8-18(23)9-12-20/h4-14H,1-3H3,(H,24,26). The molecule has 0 heterocycles. The SMILES string of the molecule is Cc1ccc(NC(=O)c2cccc(S(=O)(=O)N(C)c3ccc(F)cc3)c2)cc1C. The quantitative estimate of drug-likeness (QED) is 0.670. The molecule has 150 valence electrons. The highest BCUT2D eigenvalue weighted by molar-refractivity contribution is 7.92. The number of hydrogen-bond donors (Lipinski definition) is 1. The molecule has 0 radical (unpaired) electrons. The van der Waals surface area contributed by atoms with Gasteiger partial charge in [0, 0.05) is 18.3 Å². The van der Waals surface area contributed by atoms with Crippen LogP contribution in [-0.2, 0) is 10.0 Å². The highest BCUT2D eigenvalue weighted by atomic mass is 32.2. The average Bonchev–Trinajstić information content (AvgIpc) is 2.71. The maximum Gasteiger partial charge on any atom is 0.264 e. The Kier molecular flexibility index (Phi) is 5.70. The van der Waals surface area contributed by atoms with Crippen molar-refractivity contribution in [1.82, 2.24) is 0 Å². The smallest absolute Gasteiger partial charge is 0.264 e. The molecular formula is C22H21FN2O3S. The number of hydrogen-bond acceptors (Lipinski definition) is 3. The highest BCUT2D eigenvalue weighted by Gasteiger charge is 2.22. The minimum absolute atomic E-state index is 0.0305. The summed E-state index contributed by atoms with van der Waals surface area (Å²) in [4.78, 5) is 12.6. The van der Waals surface area contributed by atoms with Crippen LogP contribution in [0.15, 0.2) is 71.6 Å². The van der Waals surface area contributed by atoms with Gasteiger partial charge in [0.25, 0.3) is 15.9 Å². The molecule has 1 N–H and O–H groups in total. The van der Waals surface area contributed by atoms with E-state index in [2.05, 4.69) is 5.32 Å². The minimum Gasteiger partial charge on any atom is -0.322 e. The largest absolute Gasteiger partial charge is 0.322 e. The number of anilines is 2. The second-order valence-corrected chi connectivity index (χ2v) is 8.70. The fraction of sp³-hybridized carbons (Fsp3) is 0.136. The molecule has 7 heteroatoms. The molecule has 0 saturated carbocycles. The van der Waals surface area contributed by atoms with Crippen molar-refractivity contribution in [3.05, 3.63) is 89.2 Å². The molecule has 3 rings (SSSR count). The monoisotopic (exact) mass is 412 g/mol. The number of benzene rings is 3. The summed E-state index contributed by atoms with van der Waals surface area (Å²) in [5.41, 5.74) is 3.32.